The maximum Gasteiger partial charge on any atom is 0.321 e. The predicted octanol–water partition coefficient (Wildman–Crippen LogP) is 0.868. The molecule has 0 spiro atoms. The van der Waals surface area contributed by atoms with Gasteiger partial charge in [-0.25, -0.2) is 13.4 Å². The molecular formula is C12H18N2O5S. The molecule has 0 saturated heterocycles. The largest absolute Gasteiger partial charge is 0.481 e. The Morgan fingerprint density at radius 2 is 2.10 bits per heavy atom. The number of hydrogen-bond acceptors (Lipinski definition) is 5. The van der Waals surface area contributed by atoms with Gasteiger partial charge in [-0.2, -0.15) is 4.72 Å². The van der Waals surface area contributed by atoms with E-state index < -0.39 is 22.0 Å². The Bertz CT molecular complexity index is 554. The van der Waals surface area contributed by atoms with E-state index in [0.29, 0.717) is 0 Å². The second-order valence-corrected chi connectivity index (χ2v) is 6.39. The van der Waals surface area contributed by atoms with Crippen molar-refractivity contribution in [3.05, 3.63) is 18.3 Å². The molecule has 1 atom stereocenters. The molecule has 1 unspecified atom stereocenters. The third-order valence-corrected chi connectivity index (χ3v) is 3.99. The van der Waals surface area contributed by atoms with Gasteiger partial charge in [0.25, 0.3) is 0 Å². The zero-order valence-electron chi connectivity index (χ0n) is 11.5. The summed E-state index contributed by atoms with van der Waals surface area (Å²) < 4.78 is 31.1. The van der Waals surface area contributed by atoms with E-state index in [1.807, 2.05) is 13.8 Å². The highest BCUT2D eigenvalue weighted by Gasteiger charge is 2.26. The fourth-order valence-corrected chi connectivity index (χ4v) is 2.72. The number of rotatable bonds is 7. The molecule has 1 heterocycles. The van der Waals surface area contributed by atoms with Crippen molar-refractivity contribution in [1.82, 2.24) is 9.71 Å². The molecule has 0 aliphatic rings. The van der Waals surface area contributed by atoms with E-state index in [-0.39, 0.29) is 23.1 Å². The summed E-state index contributed by atoms with van der Waals surface area (Å²) >= 11 is 0. The Morgan fingerprint density at radius 1 is 1.45 bits per heavy atom. The van der Waals surface area contributed by atoms with Crippen molar-refractivity contribution in [2.45, 2.75) is 31.2 Å². The van der Waals surface area contributed by atoms with Crippen LogP contribution < -0.4 is 9.46 Å². The third kappa shape index (κ3) is 4.46. The minimum Gasteiger partial charge on any atom is -0.481 e. The first-order valence-corrected chi connectivity index (χ1v) is 7.49. The number of nitrogens with zero attached hydrogens (tertiary/aromatic N) is 1. The maximum absolute atomic E-state index is 12.1. The molecule has 0 aliphatic heterocycles. The number of pyridine rings is 1. The molecule has 7 nitrogen and oxygen atoms in total. The summed E-state index contributed by atoms with van der Waals surface area (Å²) in [6, 6.07) is 1.54. The van der Waals surface area contributed by atoms with Crippen molar-refractivity contribution >= 4 is 16.0 Å². The number of aromatic nitrogens is 1. The van der Waals surface area contributed by atoms with Crippen molar-refractivity contribution in [1.29, 1.82) is 0 Å². The van der Waals surface area contributed by atoms with Crippen LogP contribution in [0.5, 0.6) is 5.88 Å². The number of methoxy groups -OCH3 is 1. The van der Waals surface area contributed by atoms with Gasteiger partial charge in [0.05, 0.1) is 13.3 Å². The van der Waals surface area contributed by atoms with Crippen LogP contribution in [0.4, 0.5) is 0 Å². The lowest BCUT2D eigenvalue weighted by molar-refractivity contribution is -0.139. The first kappa shape index (κ1) is 16.4. The van der Waals surface area contributed by atoms with Crippen LogP contribution in [0.15, 0.2) is 23.2 Å². The molecule has 0 aromatic carbocycles. The van der Waals surface area contributed by atoms with Crippen LogP contribution in [-0.4, -0.2) is 37.6 Å². The van der Waals surface area contributed by atoms with E-state index in [4.69, 9.17) is 9.84 Å². The second kappa shape index (κ2) is 6.67. The van der Waals surface area contributed by atoms with Crippen LogP contribution in [0.2, 0.25) is 0 Å². The number of sulfonamides is 1. The number of nitrogens with one attached hydrogen (secondary N) is 1. The summed E-state index contributed by atoms with van der Waals surface area (Å²) in [5.74, 6) is -0.877. The van der Waals surface area contributed by atoms with Crippen LogP contribution in [0.3, 0.4) is 0 Å². The molecule has 1 rings (SSSR count). The van der Waals surface area contributed by atoms with E-state index in [2.05, 4.69) is 9.71 Å². The van der Waals surface area contributed by atoms with Gasteiger partial charge in [0.15, 0.2) is 0 Å². The van der Waals surface area contributed by atoms with Crippen molar-refractivity contribution in [2.24, 2.45) is 5.92 Å². The van der Waals surface area contributed by atoms with Crippen molar-refractivity contribution in [2.75, 3.05) is 7.11 Å². The Balaban J connectivity index is 2.93. The smallest absolute Gasteiger partial charge is 0.321 e. The number of aliphatic carboxylic acids is 1. The number of hydrogen-bond donors (Lipinski definition) is 2. The Kier molecular flexibility index (Phi) is 5.46. The number of carboxylic acid groups (broad SMARTS) is 1. The summed E-state index contributed by atoms with van der Waals surface area (Å²) in [6.07, 6.45) is 1.33. The highest BCUT2D eigenvalue weighted by molar-refractivity contribution is 7.89. The van der Waals surface area contributed by atoms with Crippen LogP contribution in [0.1, 0.15) is 20.3 Å². The average molecular weight is 302 g/mol. The Morgan fingerprint density at radius 3 is 2.50 bits per heavy atom. The quantitative estimate of drug-likeness (QED) is 0.774. The van der Waals surface area contributed by atoms with Crippen LogP contribution in [-0.2, 0) is 14.8 Å². The highest BCUT2D eigenvalue weighted by Crippen LogP contribution is 2.14. The zero-order valence-corrected chi connectivity index (χ0v) is 12.3. The fraction of sp³-hybridized carbons (Fsp3) is 0.500. The zero-order chi connectivity index (χ0) is 15.3. The average Bonchev–Trinajstić information content (AvgIpc) is 2.37. The van der Waals surface area contributed by atoms with Crippen molar-refractivity contribution in [3.63, 3.8) is 0 Å². The lowest BCUT2D eigenvalue weighted by Gasteiger charge is -2.16. The predicted molar refractivity (Wildman–Crippen MR) is 72.0 cm³/mol. The van der Waals surface area contributed by atoms with Gasteiger partial charge in [-0.1, -0.05) is 13.8 Å². The van der Waals surface area contributed by atoms with E-state index in [9.17, 15) is 13.2 Å². The van der Waals surface area contributed by atoms with Gasteiger partial charge in [-0.05, 0) is 18.4 Å². The molecule has 2 N–H and O–H groups in total. The standard InChI is InChI=1S/C12H18N2O5S/c1-8(2)6-10(12(15)16)14-20(17,18)9-4-5-11(19-3)13-7-9/h4-5,7-8,10,14H,6H2,1-3H3,(H,15,16). The molecule has 0 fully saturated rings. The second-order valence-electron chi connectivity index (χ2n) is 4.68. The van der Waals surface area contributed by atoms with E-state index in [1.165, 1.54) is 19.2 Å². The molecule has 0 amide bonds. The van der Waals surface area contributed by atoms with Crippen LogP contribution in [0, 0.1) is 5.92 Å². The van der Waals surface area contributed by atoms with Gasteiger partial charge >= 0.3 is 5.97 Å². The number of carboxylic acids is 1. The van der Waals surface area contributed by atoms with Crippen molar-refractivity contribution in [3.8, 4) is 5.88 Å². The number of ether oxygens (including phenoxy) is 1. The molecule has 8 heteroatoms. The normalized spacial score (nSPS) is 13.2. The molecule has 1 aromatic heterocycles. The monoisotopic (exact) mass is 302 g/mol. The maximum atomic E-state index is 12.1. The fourth-order valence-electron chi connectivity index (χ4n) is 1.57. The third-order valence-electron chi connectivity index (χ3n) is 2.53. The number of carbonyl (C=O) groups is 1. The first-order chi connectivity index (χ1) is 9.26. The van der Waals surface area contributed by atoms with Gasteiger partial charge in [0.2, 0.25) is 15.9 Å². The molecule has 0 saturated carbocycles. The molecule has 1 aromatic rings. The molecule has 0 bridgehead atoms. The Labute approximate surface area is 118 Å². The van der Waals surface area contributed by atoms with E-state index in [1.54, 1.807) is 0 Å². The summed E-state index contributed by atoms with van der Waals surface area (Å²) in [5.41, 5.74) is 0. The molecular weight excluding hydrogens is 284 g/mol. The summed E-state index contributed by atoms with van der Waals surface area (Å²) in [4.78, 5) is 14.8. The molecule has 20 heavy (non-hydrogen) atoms. The van der Waals surface area contributed by atoms with Crippen molar-refractivity contribution < 1.29 is 23.1 Å². The molecule has 0 aliphatic carbocycles. The summed E-state index contributed by atoms with van der Waals surface area (Å²) in [5, 5.41) is 9.05. The topological polar surface area (TPSA) is 106 Å². The lowest BCUT2D eigenvalue weighted by Crippen LogP contribution is -2.41. The van der Waals surface area contributed by atoms with Crippen LogP contribution in [0.25, 0.3) is 0 Å². The van der Waals surface area contributed by atoms with Gasteiger partial charge in [-0.15, -0.1) is 0 Å². The van der Waals surface area contributed by atoms with Gasteiger partial charge in [-0.3, -0.25) is 4.79 Å². The van der Waals surface area contributed by atoms with Crippen LogP contribution >= 0.6 is 0 Å². The highest BCUT2D eigenvalue weighted by atomic mass is 32.2. The minimum absolute atomic E-state index is 0.0489. The molecule has 112 valence electrons. The SMILES string of the molecule is COc1ccc(S(=O)(=O)NC(CC(C)C)C(=O)O)cn1. The van der Waals surface area contributed by atoms with E-state index >= 15 is 0 Å². The summed E-state index contributed by atoms with van der Waals surface area (Å²) in [7, 11) is -2.51. The Hall–Kier alpha value is -1.67. The molecule has 0 radical (unpaired) electrons. The minimum atomic E-state index is -3.92. The first-order valence-electron chi connectivity index (χ1n) is 6.01. The van der Waals surface area contributed by atoms with E-state index in [0.717, 1.165) is 6.20 Å². The van der Waals surface area contributed by atoms with Gasteiger partial charge < -0.3 is 9.84 Å². The lowest BCUT2D eigenvalue weighted by atomic mass is 10.1. The summed E-state index contributed by atoms with van der Waals surface area (Å²) in [6.45, 7) is 3.64. The van der Waals surface area contributed by atoms with Gasteiger partial charge in [0, 0.05) is 6.07 Å². The van der Waals surface area contributed by atoms with Gasteiger partial charge in [0.1, 0.15) is 10.9 Å².